The van der Waals surface area contributed by atoms with Gasteiger partial charge in [0.25, 0.3) is 0 Å². The van der Waals surface area contributed by atoms with Gasteiger partial charge in [-0.3, -0.25) is 4.79 Å². The largest absolute Gasteiger partial charge is 0.481 e. The summed E-state index contributed by atoms with van der Waals surface area (Å²) in [6, 6.07) is 1.90. The minimum Gasteiger partial charge on any atom is -0.481 e. The molecule has 1 fully saturated rings. The van der Waals surface area contributed by atoms with Gasteiger partial charge in [0.05, 0.1) is 6.42 Å². The Labute approximate surface area is 97.1 Å². The van der Waals surface area contributed by atoms with Gasteiger partial charge in [-0.05, 0) is 24.5 Å². The van der Waals surface area contributed by atoms with Gasteiger partial charge in [0.1, 0.15) is 5.52 Å². The van der Waals surface area contributed by atoms with Gasteiger partial charge >= 0.3 is 5.97 Å². The molecule has 0 amide bonds. The van der Waals surface area contributed by atoms with E-state index in [0.29, 0.717) is 11.2 Å². The van der Waals surface area contributed by atoms with Crippen molar-refractivity contribution < 1.29 is 9.90 Å². The number of pyridine rings is 1. The predicted molar refractivity (Wildman–Crippen MR) is 59.5 cm³/mol. The van der Waals surface area contributed by atoms with Crippen LogP contribution >= 0.6 is 0 Å². The highest BCUT2D eigenvalue weighted by Gasteiger charge is 2.41. The maximum atomic E-state index is 10.9. The summed E-state index contributed by atoms with van der Waals surface area (Å²) in [4.78, 5) is 15.1. The third-order valence-corrected chi connectivity index (χ3v) is 3.59. The number of carboxylic acid groups (broad SMARTS) is 1. The van der Waals surface area contributed by atoms with Crippen molar-refractivity contribution in [3.05, 3.63) is 17.8 Å². The molecule has 0 unspecified atom stereocenters. The number of aromatic amines is 1. The maximum absolute atomic E-state index is 10.9. The molecule has 2 heterocycles. The van der Waals surface area contributed by atoms with Crippen LogP contribution in [0.4, 0.5) is 0 Å². The number of hydrogen-bond donors (Lipinski definition) is 2. The molecule has 6 nitrogen and oxygen atoms in total. The molecule has 0 atom stereocenters. The van der Waals surface area contributed by atoms with Crippen LogP contribution in [0.2, 0.25) is 0 Å². The van der Waals surface area contributed by atoms with E-state index in [2.05, 4.69) is 20.4 Å². The van der Waals surface area contributed by atoms with Gasteiger partial charge in [-0.1, -0.05) is 6.42 Å². The smallest absolute Gasteiger partial charge is 0.304 e. The summed E-state index contributed by atoms with van der Waals surface area (Å²) in [6.07, 6.45) is 4.78. The summed E-state index contributed by atoms with van der Waals surface area (Å²) < 4.78 is 0. The van der Waals surface area contributed by atoms with Crippen LogP contribution in [0.25, 0.3) is 11.2 Å². The second-order valence-corrected chi connectivity index (χ2v) is 4.59. The molecular formula is C11H12N4O2. The molecule has 0 radical (unpaired) electrons. The standard InChI is InChI=1S/C11H12N4O2/c16-9(17)5-11(2-1-3-11)7-4-8-10(12-6-7)14-15-13-8/h4,6H,1-3,5H2,(H,16,17)(H,12,13,14,15). The second-order valence-electron chi connectivity index (χ2n) is 4.59. The highest BCUT2D eigenvalue weighted by atomic mass is 16.4. The first-order valence-corrected chi connectivity index (χ1v) is 5.58. The molecule has 6 heteroatoms. The Kier molecular flexibility index (Phi) is 2.10. The fraction of sp³-hybridized carbons (Fsp3) is 0.455. The van der Waals surface area contributed by atoms with E-state index in [1.54, 1.807) is 6.20 Å². The molecule has 17 heavy (non-hydrogen) atoms. The number of carbonyl (C=O) groups is 1. The van der Waals surface area contributed by atoms with E-state index in [1.165, 1.54) is 0 Å². The summed E-state index contributed by atoms with van der Waals surface area (Å²) in [6.45, 7) is 0. The molecule has 0 bridgehead atoms. The van der Waals surface area contributed by atoms with Crippen LogP contribution in [-0.4, -0.2) is 31.5 Å². The van der Waals surface area contributed by atoms with E-state index in [9.17, 15) is 4.79 Å². The summed E-state index contributed by atoms with van der Waals surface area (Å²) in [5, 5.41) is 19.4. The SMILES string of the molecule is O=C(O)CC1(c2cnc3n[nH]nc3c2)CCC1. The van der Waals surface area contributed by atoms with Crippen LogP contribution < -0.4 is 0 Å². The molecule has 88 valence electrons. The van der Waals surface area contributed by atoms with Crippen molar-refractivity contribution in [2.75, 3.05) is 0 Å². The first kappa shape index (κ1) is 10.2. The minimum atomic E-state index is -0.759. The number of aliphatic carboxylic acids is 1. The van der Waals surface area contributed by atoms with Gasteiger partial charge in [-0.2, -0.15) is 10.3 Å². The van der Waals surface area contributed by atoms with Gasteiger partial charge in [0.15, 0.2) is 0 Å². The van der Waals surface area contributed by atoms with Gasteiger partial charge in [0, 0.05) is 11.6 Å². The molecule has 0 spiro atoms. The lowest BCUT2D eigenvalue weighted by Crippen LogP contribution is -2.36. The van der Waals surface area contributed by atoms with E-state index in [4.69, 9.17) is 5.11 Å². The zero-order chi connectivity index (χ0) is 11.9. The van der Waals surface area contributed by atoms with Crippen molar-refractivity contribution in [1.82, 2.24) is 20.4 Å². The number of nitrogens with one attached hydrogen (secondary N) is 1. The number of nitrogens with zero attached hydrogens (tertiary/aromatic N) is 3. The van der Waals surface area contributed by atoms with E-state index < -0.39 is 5.97 Å². The molecule has 3 rings (SSSR count). The number of hydrogen-bond acceptors (Lipinski definition) is 4. The van der Waals surface area contributed by atoms with Crippen LogP contribution in [0.5, 0.6) is 0 Å². The Balaban J connectivity index is 2.03. The first-order valence-electron chi connectivity index (χ1n) is 5.58. The van der Waals surface area contributed by atoms with Gasteiger partial charge in [0.2, 0.25) is 5.65 Å². The second kappa shape index (κ2) is 3.51. The Hall–Kier alpha value is -1.98. The quantitative estimate of drug-likeness (QED) is 0.830. The maximum Gasteiger partial charge on any atom is 0.304 e. The average molecular weight is 232 g/mol. The van der Waals surface area contributed by atoms with Crippen molar-refractivity contribution in [2.45, 2.75) is 31.1 Å². The fourth-order valence-electron chi connectivity index (χ4n) is 2.49. The number of fused-ring (bicyclic) bond motifs is 1. The van der Waals surface area contributed by atoms with Crippen LogP contribution in [0, 0.1) is 0 Å². The lowest BCUT2D eigenvalue weighted by atomic mass is 9.63. The van der Waals surface area contributed by atoms with Crippen molar-refractivity contribution >= 4 is 17.1 Å². The summed E-state index contributed by atoms with van der Waals surface area (Å²) in [5.74, 6) is -0.759. The zero-order valence-corrected chi connectivity index (χ0v) is 9.18. The molecule has 2 N–H and O–H groups in total. The number of rotatable bonds is 3. The summed E-state index contributed by atoms with van der Waals surface area (Å²) >= 11 is 0. The number of aromatic nitrogens is 4. The Bertz CT molecular complexity index is 574. The topological polar surface area (TPSA) is 91.8 Å². The Morgan fingerprint density at radius 3 is 2.94 bits per heavy atom. The molecule has 0 aliphatic heterocycles. The normalized spacial score (nSPS) is 17.9. The van der Waals surface area contributed by atoms with Crippen LogP contribution in [-0.2, 0) is 10.2 Å². The van der Waals surface area contributed by atoms with Crippen molar-refractivity contribution in [2.24, 2.45) is 0 Å². The lowest BCUT2D eigenvalue weighted by molar-refractivity contribution is -0.139. The molecule has 1 aliphatic rings. The van der Waals surface area contributed by atoms with Crippen molar-refractivity contribution in [1.29, 1.82) is 0 Å². The van der Waals surface area contributed by atoms with Gasteiger partial charge in [-0.15, -0.1) is 5.10 Å². The van der Waals surface area contributed by atoms with E-state index in [-0.39, 0.29) is 11.8 Å². The predicted octanol–water partition coefficient (Wildman–Crippen LogP) is 1.25. The Morgan fingerprint density at radius 2 is 2.29 bits per heavy atom. The summed E-state index contributed by atoms with van der Waals surface area (Å²) in [7, 11) is 0. The van der Waals surface area contributed by atoms with Crippen molar-refractivity contribution in [3.63, 3.8) is 0 Å². The number of carboxylic acids is 1. The Morgan fingerprint density at radius 1 is 1.47 bits per heavy atom. The monoisotopic (exact) mass is 232 g/mol. The highest BCUT2D eigenvalue weighted by Crippen LogP contribution is 2.46. The van der Waals surface area contributed by atoms with Gasteiger partial charge in [-0.25, -0.2) is 4.98 Å². The van der Waals surface area contributed by atoms with Crippen LogP contribution in [0.3, 0.4) is 0 Å². The summed E-state index contributed by atoms with van der Waals surface area (Å²) in [5.41, 5.74) is 1.98. The minimum absolute atomic E-state index is 0.165. The molecule has 0 aromatic carbocycles. The zero-order valence-electron chi connectivity index (χ0n) is 9.18. The molecule has 1 aliphatic carbocycles. The van der Waals surface area contributed by atoms with Crippen LogP contribution in [0.15, 0.2) is 12.3 Å². The van der Waals surface area contributed by atoms with E-state index in [1.807, 2.05) is 6.07 Å². The first-order chi connectivity index (χ1) is 8.20. The third-order valence-electron chi connectivity index (χ3n) is 3.59. The molecule has 0 saturated heterocycles. The van der Waals surface area contributed by atoms with E-state index in [0.717, 1.165) is 24.8 Å². The fourth-order valence-corrected chi connectivity index (χ4v) is 2.49. The molecular weight excluding hydrogens is 220 g/mol. The van der Waals surface area contributed by atoms with E-state index >= 15 is 0 Å². The highest BCUT2D eigenvalue weighted by molar-refractivity contribution is 5.72. The van der Waals surface area contributed by atoms with Gasteiger partial charge < -0.3 is 5.11 Å². The van der Waals surface area contributed by atoms with Crippen LogP contribution in [0.1, 0.15) is 31.2 Å². The number of H-pyrrole nitrogens is 1. The molecule has 2 aromatic rings. The lowest BCUT2D eigenvalue weighted by Gasteiger charge is -2.41. The third kappa shape index (κ3) is 1.56. The average Bonchev–Trinajstić information content (AvgIpc) is 2.69. The molecule has 2 aromatic heterocycles. The molecule has 1 saturated carbocycles. The van der Waals surface area contributed by atoms with Crippen molar-refractivity contribution in [3.8, 4) is 0 Å².